The molecule has 0 aromatic rings. The molecule has 3 nitrogen and oxygen atoms in total. The van der Waals surface area contributed by atoms with Crippen molar-refractivity contribution in [3.05, 3.63) is 0 Å². The van der Waals surface area contributed by atoms with Crippen LogP contribution in [0.5, 0.6) is 0 Å². The molecule has 0 aromatic heterocycles. The maximum Gasteiger partial charge on any atom is 0.248 e. The van der Waals surface area contributed by atoms with Crippen LogP contribution in [0.2, 0.25) is 0 Å². The molecule has 0 spiro atoms. The summed E-state index contributed by atoms with van der Waals surface area (Å²) in [7, 11) is 1.58. The van der Waals surface area contributed by atoms with Crippen LogP contribution in [-0.2, 0) is 9.53 Å². The van der Waals surface area contributed by atoms with E-state index in [1.807, 2.05) is 4.90 Å². The van der Waals surface area contributed by atoms with Crippen molar-refractivity contribution in [2.75, 3.05) is 26.8 Å². The first-order chi connectivity index (χ1) is 6.84. The van der Waals surface area contributed by atoms with Gasteiger partial charge in [0.15, 0.2) is 0 Å². The Bertz CT molecular complexity index is 161. The van der Waals surface area contributed by atoms with E-state index < -0.39 is 0 Å². The molecule has 0 bridgehead atoms. The Balaban J connectivity index is 2.35. The Morgan fingerprint density at radius 1 is 1.07 bits per heavy atom. The number of ether oxygens (including phenoxy) is 1. The monoisotopic (exact) mass is 199 g/mol. The number of hydrogen-bond acceptors (Lipinski definition) is 2. The van der Waals surface area contributed by atoms with E-state index in [2.05, 4.69) is 0 Å². The lowest BCUT2D eigenvalue weighted by atomic mass is 10.1. The first-order valence-electron chi connectivity index (χ1n) is 5.61. The summed E-state index contributed by atoms with van der Waals surface area (Å²) in [6, 6.07) is 0. The second kappa shape index (κ2) is 6.82. The minimum atomic E-state index is 0.148. The summed E-state index contributed by atoms with van der Waals surface area (Å²) in [6.07, 6.45) is 7.47. The average molecular weight is 199 g/mol. The van der Waals surface area contributed by atoms with Crippen molar-refractivity contribution in [1.29, 1.82) is 0 Å². The third kappa shape index (κ3) is 4.09. The summed E-state index contributed by atoms with van der Waals surface area (Å²) in [6.45, 7) is 2.07. The largest absolute Gasteiger partial charge is 0.375 e. The zero-order valence-corrected chi connectivity index (χ0v) is 9.13. The highest BCUT2D eigenvalue weighted by molar-refractivity contribution is 5.77. The van der Waals surface area contributed by atoms with Gasteiger partial charge in [0.25, 0.3) is 0 Å². The fraction of sp³-hybridized carbons (Fsp3) is 0.909. The second-order valence-corrected chi connectivity index (χ2v) is 3.94. The molecule has 0 aromatic carbocycles. The number of methoxy groups -OCH3 is 1. The van der Waals surface area contributed by atoms with Crippen LogP contribution in [0.4, 0.5) is 0 Å². The SMILES string of the molecule is COCC(=O)N1CCCCCCCC1. The molecule has 1 aliphatic heterocycles. The van der Waals surface area contributed by atoms with Gasteiger partial charge in [0.05, 0.1) is 0 Å². The molecule has 0 aliphatic carbocycles. The number of nitrogens with zero attached hydrogens (tertiary/aromatic N) is 1. The van der Waals surface area contributed by atoms with Crippen LogP contribution in [0.25, 0.3) is 0 Å². The molecule has 0 saturated carbocycles. The van der Waals surface area contributed by atoms with Gasteiger partial charge in [0, 0.05) is 20.2 Å². The van der Waals surface area contributed by atoms with Crippen molar-refractivity contribution >= 4 is 5.91 Å². The molecular formula is C11H21NO2. The van der Waals surface area contributed by atoms with Gasteiger partial charge >= 0.3 is 0 Å². The molecule has 0 atom stereocenters. The van der Waals surface area contributed by atoms with Gasteiger partial charge in [0.2, 0.25) is 5.91 Å². The molecule has 1 saturated heterocycles. The summed E-state index contributed by atoms with van der Waals surface area (Å²) in [5.74, 6) is 0.148. The third-order valence-electron chi connectivity index (χ3n) is 2.73. The predicted octanol–water partition coefficient (Wildman–Crippen LogP) is 1.82. The van der Waals surface area contributed by atoms with Crippen molar-refractivity contribution in [3.8, 4) is 0 Å². The molecule has 1 amide bonds. The Kier molecular flexibility index (Phi) is 5.60. The lowest BCUT2D eigenvalue weighted by Crippen LogP contribution is -2.35. The van der Waals surface area contributed by atoms with E-state index in [4.69, 9.17) is 4.74 Å². The summed E-state index contributed by atoms with van der Waals surface area (Å²) in [4.78, 5) is 13.5. The zero-order chi connectivity index (χ0) is 10.2. The van der Waals surface area contributed by atoms with Gasteiger partial charge in [-0.15, -0.1) is 0 Å². The summed E-state index contributed by atoms with van der Waals surface area (Å²) < 4.78 is 4.87. The van der Waals surface area contributed by atoms with E-state index in [-0.39, 0.29) is 12.5 Å². The normalized spacial score (nSPS) is 19.6. The highest BCUT2D eigenvalue weighted by atomic mass is 16.5. The summed E-state index contributed by atoms with van der Waals surface area (Å²) in [5, 5.41) is 0. The van der Waals surface area contributed by atoms with Gasteiger partial charge in [-0.05, 0) is 12.8 Å². The van der Waals surface area contributed by atoms with Crippen LogP contribution < -0.4 is 0 Å². The highest BCUT2D eigenvalue weighted by Crippen LogP contribution is 2.11. The second-order valence-electron chi connectivity index (χ2n) is 3.94. The fourth-order valence-electron chi connectivity index (χ4n) is 1.89. The van der Waals surface area contributed by atoms with Crippen LogP contribution in [0.3, 0.4) is 0 Å². The lowest BCUT2D eigenvalue weighted by molar-refractivity contribution is -0.135. The number of hydrogen-bond donors (Lipinski definition) is 0. The number of carbonyl (C=O) groups excluding carboxylic acids is 1. The number of amides is 1. The maximum atomic E-state index is 11.6. The minimum Gasteiger partial charge on any atom is -0.375 e. The van der Waals surface area contributed by atoms with Gasteiger partial charge in [-0.1, -0.05) is 25.7 Å². The van der Waals surface area contributed by atoms with Crippen LogP contribution >= 0.6 is 0 Å². The predicted molar refractivity (Wildman–Crippen MR) is 56.2 cm³/mol. The number of rotatable bonds is 2. The van der Waals surface area contributed by atoms with E-state index in [9.17, 15) is 4.79 Å². The van der Waals surface area contributed by atoms with Crippen molar-refractivity contribution < 1.29 is 9.53 Å². The molecule has 1 fully saturated rings. The molecule has 14 heavy (non-hydrogen) atoms. The molecule has 0 radical (unpaired) electrons. The fourth-order valence-corrected chi connectivity index (χ4v) is 1.89. The average Bonchev–Trinajstić information content (AvgIpc) is 2.30. The van der Waals surface area contributed by atoms with E-state index in [1.54, 1.807) is 7.11 Å². The third-order valence-corrected chi connectivity index (χ3v) is 2.73. The first-order valence-corrected chi connectivity index (χ1v) is 5.61. The van der Waals surface area contributed by atoms with Gasteiger partial charge in [-0.3, -0.25) is 4.79 Å². The molecule has 1 heterocycles. The minimum absolute atomic E-state index is 0.148. The Hall–Kier alpha value is -0.570. The van der Waals surface area contributed by atoms with Crippen LogP contribution in [0, 0.1) is 0 Å². The van der Waals surface area contributed by atoms with Crippen molar-refractivity contribution in [2.24, 2.45) is 0 Å². The van der Waals surface area contributed by atoms with Gasteiger partial charge in [-0.2, -0.15) is 0 Å². The van der Waals surface area contributed by atoms with Crippen LogP contribution in [-0.4, -0.2) is 37.6 Å². The molecule has 1 aliphatic rings. The summed E-state index contributed by atoms with van der Waals surface area (Å²) in [5.41, 5.74) is 0. The Morgan fingerprint density at radius 3 is 2.07 bits per heavy atom. The molecule has 3 heteroatoms. The standard InChI is InChI=1S/C11H21NO2/c1-14-10-11(13)12-8-6-4-2-3-5-7-9-12/h2-10H2,1H3. The van der Waals surface area contributed by atoms with Gasteiger partial charge < -0.3 is 9.64 Å². The van der Waals surface area contributed by atoms with E-state index in [1.165, 1.54) is 25.7 Å². The number of carbonyl (C=O) groups is 1. The molecular weight excluding hydrogens is 178 g/mol. The molecule has 0 unspecified atom stereocenters. The maximum absolute atomic E-state index is 11.6. The highest BCUT2D eigenvalue weighted by Gasteiger charge is 2.13. The quantitative estimate of drug-likeness (QED) is 0.679. The van der Waals surface area contributed by atoms with Crippen LogP contribution in [0.15, 0.2) is 0 Å². The van der Waals surface area contributed by atoms with Crippen molar-refractivity contribution in [3.63, 3.8) is 0 Å². The first kappa shape index (κ1) is 11.5. The van der Waals surface area contributed by atoms with E-state index in [0.29, 0.717) is 0 Å². The molecule has 1 rings (SSSR count). The molecule has 0 N–H and O–H groups in total. The summed E-state index contributed by atoms with van der Waals surface area (Å²) >= 11 is 0. The lowest BCUT2D eigenvalue weighted by Gasteiger charge is -2.21. The van der Waals surface area contributed by atoms with E-state index >= 15 is 0 Å². The van der Waals surface area contributed by atoms with E-state index in [0.717, 1.165) is 25.9 Å². The Morgan fingerprint density at radius 2 is 1.57 bits per heavy atom. The Labute approximate surface area is 86.4 Å². The smallest absolute Gasteiger partial charge is 0.248 e. The topological polar surface area (TPSA) is 29.5 Å². The van der Waals surface area contributed by atoms with Crippen LogP contribution in [0.1, 0.15) is 38.5 Å². The van der Waals surface area contributed by atoms with Crippen molar-refractivity contribution in [1.82, 2.24) is 4.90 Å². The zero-order valence-electron chi connectivity index (χ0n) is 9.13. The van der Waals surface area contributed by atoms with Gasteiger partial charge in [-0.25, -0.2) is 0 Å². The van der Waals surface area contributed by atoms with Gasteiger partial charge in [0.1, 0.15) is 6.61 Å². The molecule has 82 valence electrons. The van der Waals surface area contributed by atoms with Crippen molar-refractivity contribution in [2.45, 2.75) is 38.5 Å².